The summed E-state index contributed by atoms with van der Waals surface area (Å²) >= 11 is 0. The number of nitrogens with one attached hydrogen (secondary N) is 1. The predicted molar refractivity (Wildman–Crippen MR) is 60.7 cm³/mol. The predicted octanol–water partition coefficient (Wildman–Crippen LogP) is 1.53. The normalized spacial score (nSPS) is 25.5. The summed E-state index contributed by atoms with van der Waals surface area (Å²) in [7, 11) is 0. The first-order valence-corrected chi connectivity index (χ1v) is 6.30. The molecule has 1 saturated carbocycles. The van der Waals surface area contributed by atoms with E-state index < -0.39 is 0 Å². The van der Waals surface area contributed by atoms with E-state index in [1.165, 1.54) is 32.1 Å². The van der Waals surface area contributed by atoms with Crippen LogP contribution in [-0.4, -0.2) is 36.0 Å². The third-order valence-corrected chi connectivity index (χ3v) is 3.93. The second kappa shape index (κ2) is 4.52. The van der Waals surface area contributed by atoms with E-state index in [0.717, 1.165) is 19.6 Å². The van der Waals surface area contributed by atoms with Gasteiger partial charge in [0.25, 0.3) is 0 Å². The molecule has 2 rings (SSSR count). The Kier molecular flexibility index (Phi) is 3.29. The molecule has 3 heteroatoms. The minimum Gasteiger partial charge on any atom is -0.334 e. The molecule has 0 atom stereocenters. The van der Waals surface area contributed by atoms with Crippen LogP contribution >= 0.6 is 0 Å². The molecule has 1 aliphatic heterocycles. The summed E-state index contributed by atoms with van der Waals surface area (Å²) in [6.07, 6.45) is 6.97. The fraction of sp³-hybridized carbons (Fsp3) is 0.917. The molecule has 15 heavy (non-hydrogen) atoms. The van der Waals surface area contributed by atoms with E-state index in [4.69, 9.17) is 0 Å². The van der Waals surface area contributed by atoms with E-state index >= 15 is 0 Å². The maximum Gasteiger partial charge on any atom is 0.222 e. The summed E-state index contributed by atoms with van der Waals surface area (Å²) in [4.78, 5) is 14.1. The molecule has 3 nitrogen and oxygen atoms in total. The molecule has 0 aromatic rings. The number of rotatable bonds is 1. The molecular weight excluding hydrogens is 188 g/mol. The van der Waals surface area contributed by atoms with Crippen LogP contribution in [0.25, 0.3) is 0 Å². The lowest BCUT2D eigenvalue weighted by atomic mass is 9.79. The summed E-state index contributed by atoms with van der Waals surface area (Å²) in [5.41, 5.74) is 0.170. The van der Waals surface area contributed by atoms with Crippen LogP contribution in [0, 0.1) is 0 Å². The Bertz CT molecular complexity index is 226. The Balaban J connectivity index is 2.13. The van der Waals surface area contributed by atoms with Gasteiger partial charge < -0.3 is 10.2 Å². The highest BCUT2D eigenvalue weighted by molar-refractivity contribution is 5.77. The SMILES string of the molecule is CCC(=O)N1CCNCC12CCCCC2. The molecule has 2 fully saturated rings. The molecule has 86 valence electrons. The van der Waals surface area contributed by atoms with Gasteiger partial charge in [0.15, 0.2) is 0 Å². The first-order valence-electron chi connectivity index (χ1n) is 6.30. The van der Waals surface area contributed by atoms with Gasteiger partial charge in [-0.15, -0.1) is 0 Å². The Labute approximate surface area is 92.2 Å². The Morgan fingerprint density at radius 3 is 2.73 bits per heavy atom. The number of hydrogen-bond donors (Lipinski definition) is 1. The third-order valence-electron chi connectivity index (χ3n) is 3.93. The third kappa shape index (κ3) is 2.03. The first-order chi connectivity index (χ1) is 7.28. The number of carbonyl (C=O) groups excluding carboxylic acids is 1. The van der Waals surface area contributed by atoms with Crippen LogP contribution in [-0.2, 0) is 4.79 Å². The van der Waals surface area contributed by atoms with E-state index in [0.29, 0.717) is 12.3 Å². The molecule has 0 aromatic heterocycles. The van der Waals surface area contributed by atoms with Gasteiger partial charge in [0.05, 0.1) is 5.54 Å². The van der Waals surface area contributed by atoms with Gasteiger partial charge in [0, 0.05) is 26.1 Å². The number of hydrogen-bond acceptors (Lipinski definition) is 2. The van der Waals surface area contributed by atoms with Crippen LogP contribution < -0.4 is 5.32 Å². The minimum absolute atomic E-state index is 0.170. The summed E-state index contributed by atoms with van der Waals surface area (Å²) in [5, 5.41) is 3.46. The van der Waals surface area contributed by atoms with Gasteiger partial charge in [0.2, 0.25) is 5.91 Å². The van der Waals surface area contributed by atoms with Crippen molar-refractivity contribution < 1.29 is 4.79 Å². The van der Waals surface area contributed by atoms with Gasteiger partial charge in [-0.2, -0.15) is 0 Å². The lowest BCUT2D eigenvalue weighted by Crippen LogP contribution is -2.63. The van der Waals surface area contributed by atoms with Crippen LogP contribution in [0.5, 0.6) is 0 Å². The quantitative estimate of drug-likeness (QED) is 0.712. The van der Waals surface area contributed by atoms with Crippen LogP contribution in [0.1, 0.15) is 45.4 Å². The zero-order valence-corrected chi connectivity index (χ0v) is 9.72. The second-order valence-electron chi connectivity index (χ2n) is 4.86. The summed E-state index contributed by atoms with van der Waals surface area (Å²) in [6, 6.07) is 0. The molecule has 0 bridgehead atoms. The largest absolute Gasteiger partial charge is 0.334 e. The summed E-state index contributed by atoms with van der Waals surface area (Å²) in [6.45, 7) is 4.86. The molecule has 0 aromatic carbocycles. The van der Waals surface area contributed by atoms with Crippen molar-refractivity contribution in [3.63, 3.8) is 0 Å². The highest BCUT2D eigenvalue weighted by Crippen LogP contribution is 2.34. The van der Waals surface area contributed by atoms with E-state index in [1.807, 2.05) is 6.92 Å². The van der Waals surface area contributed by atoms with Gasteiger partial charge >= 0.3 is 0 Å². The standard InChI is InChI=1S/C12H22N2O/c1-2-11(15)14-9-8-13-10-12(14)6-4-3-5-7-12/h13H,2-10H2,1H3. The van der Waals surface area contributed by atoms with Crippen molar-refractivity contribution in [2.45, 2.75) is 51.0 Å². The average Bonchev–Trinajstić information content (AvgIpc) is 2.30. The molecule has 0 radical (unpaired) electrons. The van der Waals surface area contributed by atoms with E-state index in [1.54, 1.807) is 0 Å². The second-order valence-corrected chi connectivity index (χ2v) is 4.86. The molecule has 1 saturated heterocycles. The Morgan fingerprint density at radius 1 is 1.33 bits per heavy atom. The fourth-order valence-corrected chi connectivity index (χ4v) is 3.08. The van der Waals surface area contributed by atoms with E-state index in [2.05, 4.69) is 10.2 Å². The van der Waals surface area contributed by atoms with Gasteiger partial charge in [0.1, 0.15) is 0 Å². The smallest absolute Gasteiger partial charge is 0.222 e. The molecule has 2 aliphatic rings. The van der Waals surface area contributed by atoms with Gasteiger partial charge in [-0.3, -0.25) is 4.79 Å². The van der Waals surface area contributed by atoms with Gasteiger partial charge in [-0.25, -0.2) is 0 Å². The molecule has 1 aliphatic carbocycles. The fourth-order valence-electron chi connectivity index (χ4n) is 3.08. The van der Waals surface area contributed by atoms with Crippen molar-refractivity contribution in [2.75, 3.05) is 19.6 Å². The topological polar surface area (TPSA) is 32.3 Å². The van der Waals surface area contributed by atoms with Crippen molar-refractivity contribution in [3.05, 3.63) is 0 Å². The number of piperazine rings is 1. The molecule has 1 spiro atoms. The summed E-state index contributed by atoms with van der Waals surface area (Å²) < 4.78 is 0. The lowest BCUT2D eigenvalue weighted by molar-refractivity contribution is -0.140. The molecule has 1 N–H and O–H groups in total. The van der Waals surface area contributed by atoms with Crippen molar-refractivity contribution in [1.82, 2.24) is 10.2 Å². The molecule has 0 unspecified atom stereocenters. The molecule has 1 heterocycles. The van der Waals surface area contributed by atoms with Gasteiger partial charge in [-0.05, 0) is 12.8 Å². The Morgan fingerprint density at radius 2 is 2.07 bits per heavy atom. The highest BCUT2D eigenvalue weighted by atomic mass is 16.2. The zero-order valence-electron chi connectivity index (χ0n) is 9.72. The van der Waals surface area contributed by atoms with Crippen LogP contribution in [0.2, 0.25) is 0 Å². The van der Waals surface area contributed by atoms with Crippen LogP contribution in [0.15, 0.2) is 0 Å². The molecular formula is C12H22N2O. The van der Waals surface area contributed by atoms with Crippen LogP contribution in [0.4, 0.5) is 0 Å². The van der Waals surface area contributed by atoms with Gasteiger partial charge in [-0.1, -0.05) is 26.2 Å². The van der Waals surface area contributed by atoms with Crippen molar-refractivity contribution in [1.29, 1.82) is 0 Å². The van der Waals surface area contributed by atoms with Crippen molar-refractivity contribution in [2.24, 2.45) is 0 Å². The monoisotopic (exact) mass is 210 g/mol. The number of nitrogens with zero attached hydrogens (tertiary/aromatic N) is 1. The molecule has 1 amide bonds. The van der Waals surface area contributed by atoms with E-state index in [9.17, 15) is 4.79 Å². The average molecular weight is 210 g/mol. The van der Waals surface area contributed by atoms with Crippen molar-refractivity contribution in [3.8, 4) is 0 Å². The maximum atomic E-state index is 11.9. The lowest BCUT2D eigenvalue weighted by Gasteiger charge is -2.49. The number of carbonyl (C=O) groups is 1. The first kappa shape index (κ1) is 10.9. The van der Waals surface area contributed by atoms with E-state index in [-0.39, 0.29) is 5.54 Å². The zero-order chi connectivity index (χ0) is 10.7. The van der Waals surface area contributed by atoms with Crippen molar-refractivity contribution >= 4 is 5.91 Å². The Hall–Kier alpha value is -0.570. The highest BCUT2D eigenvalue weighted by Gasteiger charge is 2.41. The maximum absolute atomic E-state index is 11.9. The minimum atomic E-state index is 0.170. The summed E-state index contributed by atoms with van der Waals surface area (Å²) in [5.74, 6) is 0.346. The van der Waals surface area contributed by atoms with Crippen LogP contribution in [0.3, 0.4) is 0 Å². The number of amides is 1.